The first-order chi connectivity index (χ1) is 42.1. The highest BCUT2D eigenvalue weighted by Crippen LogP contribution is 2.30. The average molecular weight is 1270 g/mol. The highest BCUT2D eigenvalue weighted by Gasteiger charge is 2.44. The second-order valence-corrected chi connectivity index (χ2v) is 24.2. The molecule has 11 N–H and O–H groups in total. The van der Waals surface area contributed by atoms with Gasteiger partial charge in [0.1, 0.15) is 65.4 Å². The van der Waals surface area contributed by atoms with Crippen LogP contribution in [0.25, 0.3) is 0 Å². The van der Waals surface area contributed by atoms with Gasteiger partial charge < -0.3 is 99.2 Å². The number of carbonyl (C=O) groups excluding carboxylic acids is 6. The van der Waals surface area contributed by atoms with Gasteiger partial charge in [-0.2, -0.15) is 0 Å². The molecule has 0 aliphatic carbocycles. The zero-order chi connectivity index (χ0) is 64.9. The summed E-state index contributed by atoms with van der Waals surface area (Å²) in [6.45, 7) is 7.41. The minimum atomic E-state index is -1.21. The van der Waals surface area contributed by atoms with Crippen molar-refractivity contribution in [2.75, 3.05) is 85.8 Å². The third kappa shape index (κ3) is 31.0. The molecule has 2 amide bonds. The quantitative estimate of drug-likeness (QED) is 0.0385. The fourth-order valence-electron chi connectivity index (χ4n) is 10.4. The summed E-state index contributed by atoms with van der Waals surface area (Å²) in [5.41, 5.74) is -1.02. The Morgan fingerprint density at radius 3 is 1.05 bits per heavy atom. The fourth-order valence-corrected chi connectivity index (χ4v) is 10.4. The molecule has 3 rings (SSSR count). The summed E-state index contributed by atoms with van der Waals surface area (Å²) in [5.74, 6) is -1.60. The number of aliphatic hydroxyl groups is 9. The van der Waals surface area contributed by atoms with Crippen LogP contribution < -0.4 is 10.6 Å². The van der Waals surface area contributed by atoms with E-state index in [1.807, 2.05) is 0 Å². The fraction of sp³-hybridized carbons (Fsp3) is 0.903. The van der Waals surface area contributed by atoms with Crippen molar-refractivity contribution >= 4 is 34.9 Å². The number of unbranched alkanes of at least 4 members (excludes halogenated alkanes) is 7. The smallest absolute Gasteiger partial charge is 0.222 e. The van der Waals surface area contributed by atoms with Crippen molar-refractivity contribution in [3.05, 3.63) is 0 Å². The minimum Gasteiger partial charge on any atom is -0.394 e. The van der Waals surface area contributed by atoms with E-state index < -0.39 is 117 Å². The summed E-state index contributed by atoms with van der Waals surface area (Å²) in [6.07, 6.45) is -1.11. The van der Waals surface area contributed by atoms with Gasteiger partial charge in [-0.15, -0.1) is 0 Å². The molecule has 88 heavy (non-hydrogen) atoms. The van der Waals surface area contributed by atoms with E-state index in [1.54, 1.807) is 27.7 Å². The van der Waals surface area contributed by atoms with E-state index in [2.05, 4.69) is 10.6 Å². The molecule has 0 radical (unpaired) electrons. The van der Waals surface area contributed by atoms with Gasteiger partial charge in [-0.1, -0.05) is 33.6 Å². The van der Waals surface area contributed by atoms with Crippen LogP contribution in [-0.4, -0.2) is 246 Å². The van der Waals surface area contributed by atoms with Crippen molar-refractivity contribution in [3.8, 4) is 0 Å². The molecule has 26 heteroatoms. The van der Waals surface area contributed by atoms with Gasteiger partial charge >= 0.3 is 0 Å². The maximum absolute atomic E-state index is 12.9. The van der Waals surface area contributed by atoms with Crippen LogP contribution in [0.3, 0.4) is 0 Å². The van der Waals surface area contributed by atoms with Gasteiger partial charge in [-0.3, -0.25) is 28.8 Å². The zero-order valence-electron chi connectivity index (χ0n) is 52.8. The maximum atomic E-state index is 12.9. The van der Waals surface area contributed by atoms with Crippen molar-refractivity contribution in [2.24, 2.45) is 17.8 Å². The monoisotopic (exact) mass is 1270 g/mol. The van der Waals surface area contributed by atoms with Crippen LogP contribution in [0.1, 0.15) is 175 Å². The molecule has 0 saturated carbocycles. The summed E-state index contributed by atoms with van der Waals surface area (Å²) in [6, 6.07) is 0. The van der Waals surface area contributed by atoms with Crippen molar-refractivity contribution in [3.63, 3.8) is 0 Å². The molecule has 3 saturated heterocycles. The normalized spacial score (nSPS) is 28.0. The lowest BCUT2D eigenvalue weighted by Gasteiger charge is -2.40. The standard InChI is InChI=1S/C62H110N2O24/c1-41-53(74)56(77)48(36-65)86-59(41)82-30-14-11-22-44(68)18-7-5-9-20-46(70)25-33-80-39-62(4,85-35-26-47(71)21-10-6-8-19-45(69)23-12-15-31-83-60-42(2)54(75)57(78)49(37-66)87-60)40-81-34-27-52(73)64-29-17-28-63-51(72)24-13-16-32-84-61-43(3)55(76)58(79)50(38-67)88-61/h41-43,48-50,53-61,65-67,74-79H,5-40H2,1-4H3,(H,63,72)(H,64,73). The molecule has 3 fully saturated rings. The van der Waals surface area contributed by atoms with E-state index in [0.29, 0.717) is 142 Å². The Labute approximate surface area is 519 Å². The first kappa shape index (κ1) is 79.1. The number of hydrogen-bond acceptors (Lipinski definition) is 24. The predicted molar refractivity (Wildman–Crippen MR) is 317 cm³/mol. The van der Waals surface area contributed by atoms with Crippen LogP contribution in [0.4, 0.5) is 0 Å². The Balaban J connectivity index is 1.30. The number of nitrogens with one attached hydrogen (secondary N) is 2. The number of rotatable bonds is 51. The minimum absolute atomic E-state index is 0.00151. The molecule has 16 unspecified atom stereocenters. The van der Waals surface area contributed by atoms with Crippen molar-refractivity contribution in [1.29, 1.82) is 0 Å². The lowest BCUT2D eigenvalue weighted by molar-refractivity contribution is -0.282. The van der Waals surface area contributed by atoms with Gasteiger partial charge in [-0.05, 0) is 77.6 Å². The summed E-state index contributed by atoms with van der Waals surface area (Å²) < 4.78 is 51.9. The van der Waals surface area contributed by atoms with E-state index in [1.165, 1.54) is 0 Å². The molecule has 0 bridgehead atoms. The number of ketones is 4. The second kappa shape index (κ2) is 45.2. The molecule has 3 aliphatic rings. The van der Waals surface area contributed by atoms with Crippen LogP contribution >= 0.6 is 0 Å². The molecule has 512 valence electrons. The van der Waals surface area contributed by atoms with Crippen molar-refractivity contribution in [1.82, 2.24) is 10.6 Å². The zero-order valence-corrected chi connectivity index (χ0v) is 52.8. The summed E-state index contributed by atoms with van der Waals surface area (Å²) in [4.78, 5) is 75.6. The number of ether oxygens (including phenoxy) is 9. The highest BCUT2D eigenvalue weighted by atomic mass is 16.7. The molecular formula is C62H110N2O24. The Morgan fingerprint density at radius 2 is 0.682 bits per heavy atom. The Morgan fingerprint density at radius 1 is 0.375 bits per heavy atom. The van der Waals surface area contributed by atoms with Crippen LogP contribution in [0.15, 0.2) is 0 Å². The van der Waals surface area contributed by atoms with E-state index in [-0.39, 0.29) is 100 Å². The van der Waals surface area contributed by atoms with Crippen molar-refractivity contribution < 1.29 is 117 Å². The van der Waals surface area contributed by atoms with Crippen molar-refractivity contribution in [2.45, 2.75) is 255 Å². The Kier molecular flexibility index (Phi) is 40.7. The van der Waals surface area contributed by atoms with Crippen LogP contribution in [-0.2, 0) is 71.4 Å². The molecule has 26 nitrogen and oxygen atoms in total. The third-order valence-electron chi connectivity index (χ3n) is 16.4. The molecule has 0 aromatic heterocycles. The summed E-state index contributed by atoms with van der Waals surface area (Å²) >= 11 is 0. The van der Waals surface area contributed by atoms with E-state index in [0.717, 1.165) is 6.42 Å². The average Bonchev–Trinajstić information content (AvgIpc) is 3.61. The molecule has 3 heterocycles. The lowest BCUT2D eigenvalue weighted by atomic mass is 9.92. The predicted octanol–water partition coefficient (Wildman–Crippen LogP) is 1.55. The van der Waals surface area contributed by atoms with Gasteiger partial charge in [0.25, 0.3) is 0 Å². The van der Waals surface area contributed by atoms with E-state index >= 15 is 0 Å². The SMILES string of the molecule is CC1C(OCCCCC(=O)CCCCCC(=O)CCOCC(C)(COCCC(=O)NCCCNC(=O)CCCCOC2OC(CO)C(O)C(O)C2C)OCCC(=O)CCCCCC(=O)CCCCOC2OC(CO)C(O)C(O)C2C)OC(CO)C(O)C1O. The van der Waals surface area contributed by atoms with Crippen LogP contribution in [0.2, 0.25) is 0 Å². The first-order valence-electron chi connectivity index (χ1n) is 32.3. The first-order valence-corrected chi connectivity index (χ1v) is 32.3. The Bertz CT molecular complexity index is 1860. The highest BCUT2D eigenvalue weighted by molar-refractivity contribution is 5.80. The van der Waals surface area contributed by atoms with Crippen LogP contribution in [0, 0.1) is 17.8 Å². The summed E-state index contributed by atoms with van der Waals surface area (Å²) in [5, 5.41) is 94.6. The summed E-state index contributed by atoms with van der Waals surface area (Å²) in [7, 11) is 0. The number of aliphatic hydroxyl groups excluding tert-OH is 9. The molecule has 0 spiro atoms. The molecule has 0 aromatic carbocycles. The van der Waals surface area contributed by atoms with Gasteiger partial charge in [-0.25, -0.2) is 0 Å². The van der Waals surface area contributed by atoms with E-state index in [9.17, 15) is 74.7 Å². The topological polar surface area (TPSA) is 392 Å². The number of Topliss-reactive ketones (excluding diaryl/α,β-unsaturated/α-hetero) is 4. The van der Waals surface area contributed by atoms with Gasteiger partial charge in [0, 0.05) is 115 Å². The van der Waals surface area contributed by atoms with Crippen LogP contribution in [0.5, 0.6) is 0 Å². The van der Waals surface area contributed by atoms with Gasteiger partial charge in [0.05, 0.1) is 71.2 Å². The van der Waals surface area contributed by atoms with E-state index in [4.69, 9.17) is 42.6 Å². The number of carbonyl (C=O) groups is 6. The second-order valence-electron chi connectivity index (χ2n) is 24.2. The molecule has 0 aromatic rings. The molecule has 16 atom stereocenters. The maximum Gasteiger partial charge on any atom is 0.222 e. The number of hydrogen-bond donors (Lipinski definition) is 11. The largest absolute Gasteiger partial charge is 0.394 e. The number of amides is 2. The van der Waals surface area contributed by atoms with Gasteiger partial charge in [0.2, 0.25) is 11.8 Å². The Hall–Kier alpha value is -3.10. The third-order valence-corrected chi connectivity index (χ3v) is 16.4. The lowest BCUT2D eigenvalue weighted by Crippen LogP contribution is -2.55. The molecule has 3 aliphatic heterocycles. The van der Waals surface area contributed by atoms with Gasteiger partial charge in [0.15, 0.2) is 18.9 Å². The molecular weight excluding hydrogens is 1160 g/mol.